The average molecular weight is 445 g/mol. The summed E-state index contributed by atoms with van der Waals surface area (Å²) in [5, 5.41) is 2.80. The first kappa shape index (κ1) is 19.1. The van der Waals surface area contributed by atoms with E-state index in [0.717, 1.165) is 25.2 Å². The van der Waals surface area contributed by atoms with E-state index in [2.05, 4.69) is 96.5 Å². The zero-order valence-corrected chi connectivity index (χ0v) is 19.0. The topological polar surface area (TPSA) is 0 Å². The van der Waals surface area contributed by atoms with Gasteiger partial charge < -0.3 is 0 Å². The standard InChI is InChI=1S/C28H29Br/c1-19-14-20(2)28(29,18-19)26-13-12-23-9-5-8-22(27(23)17-26)11-10-21-15-24-6-3-4-7-25(24)16-21/h3-9,12-13,15,17,19-20H,10-11,14,16,18H2,1-2H3. The van der Waals surface area contributed by atoms with Crippen molar-refractivity contribution < 1.29 is 0 Å². The fourth-order valence-electron chi connectivity index (χ4n) is 5.61. The fraction of sp³-hybridized carbons (Fsp3) is 0.357. The van der Waals surface area contributed by atoms with Crippen molar-refractivity contribution in [3.8, 4) is 0 Å². The second-order valence-electron chi connectivity index (χ2n) is 9.34. The molecule has 3 aromatic rings. The fourth-order valence-corrected chi connectivity index (χ4v) is 6.59. The van der Waals surface area contributed by atoms with Crippen molar-refractivity contribution in [2.75, 3.05) is 0 Å². The van der Waals surface area contributed by atoms with Gasteiger partial charge in [-0.05, 0) is 83.0 Å². The predicted molar refractivity (Wildman–Crippen MR) is 129 cm³/mol. The summed E-state index contributed by atoms with van der Waals surface area (Å²) in [5.74, 6) is 1.45. The second kappa shape index (κ2) is 7.43. The lowest BCUT2D eigenvalue weighted by Crippen LogP contribution is -2.21. The summed E-state index contributed by atoms with van der Waals surface area (Å²) in [7, 11) is 0. The maximum atomic E-state index is 4.17. The number of benzene rings is 3. The Morgan fingerprint density at radius 2 is 1.83 bits per heavy atom. The minimum atomic E-state index is 0.128. The largest absolute Gasteiger partial charge is 0.0798 e. The molecule has 0 bridgehead atoms. The number of halogens is 1. The maximum absolute atomic E-state index is 4.17. The lowest BCUT2D eigenvalue weighted by molar-refractivity contribution is 0.496. The molecule has 5 rings (SSSR count). The van der Waals surface area contributed by atoms with E-state index in [1.165, 1.54) is 45.9 Å². The van der Waals surface area contributed by atoms with Crippen LogP contribution in [0, 0.1) is 11.8 Å². The molecule has 3 unspecified atom stereocenters. The normalized spacial score (nSPS) is 26.0. The van der Waals surface area contributed by atoms with Crippen LogP contribution in [0.3, 0.4) is 0 Å². The predicted octanol–water partition coefficient (Wildman–Crippen LogP) is 8.07. The first-order valence-electron chi connectivity index (χ1n) is 11.0. The van der Waals surface area contributed by atoms with Crippen molar-refractivity contribution in [1.29, 1.82) is 0 Å². The third kappa shape index (κ3) is 3.48. The van der Waals surface area contributed by atoms with Gasteiger partial charge in [0.25, 0.3) is 0 Å². The Bertz CT molecular complexity index is 1090. The highest BCUT2D eigenvalue weighted by Crippen LogP contribution is 2.53. The van der Waals surface area contributed by atoms with Crippen molar-refractivity contribution >= 4 is 32.8 Å². The Kier molecular flexibility index (Phi) is 4.90. The van der Waals surface area contributed by atoms with E-state index in [1.807, 2.05) is 0 Å². The maximum Gasteiger partial charge on any atom is 0.0534 e. The molecule has 0 heterocycles. The van der Waals surface area contributed by atoms with Gasteiger partial charge in [-0.3, -0.25) is 0 Å². The molecule has 29 heavy (non-hydrogen) atoms. The lowest BCUT2D eigenvalue weighted by atomic mass is 9.87. The number of allylic oxidation sites excluding steroid dienone is 1. The van der Waals surface area contributed by atoms with Crippen molar-refractivity contribution in [1.82, 2.24) is 0 Å². The van der Waals surface area contributed by atoms with E-state index in [1.54, 1.807) is 5.57 Å². The Balaban J connectivity index is 1.43. The van der Waals surface area contributed by atoms with E-state index < -0.39 is 0 Å². The molecule has 0 aliphatic heterocycles. The molecule has 1 heteroatoms. The van der Waals surface area contributed by atoms with E-state index in [4.69, 9.17) is 0 Å². The quantitative estimate of drug-likeness (QED) is 0.356. The van der Waals surface area contributed by atoms with Gasteiger partial charge >= 0.3 is 0 Å². The van der Waals surface area contributed by atoms with Crippen LogP contribution in [0.4, 0.5) is 0 Å². The van der Waals surface area contributed by atoms with Gasteiger partial charge in [-0.1, -0.05) is 96.0 Å². The van der Waals surface area contributed by atoms with Crippen molar-refractivity contribution in [2.24, 2.45) is 11.8 Å². The first-order chi connectivity index (χ1) is 14.0. The minimum Gasteiger partial charge on any atom is -0.0798 e. The highest BCUT2D eigenvalue weighted by molar-refractivity contribution is 9.09. The van der Waals surface area contributed by atoms with Gasteiger partial charge in [0.1, 0.15) is 0 Å². The number of fused-ring (bicyclic) bond motifs is 2. The molecule has 1 fully saturated rings. The van der Waals surface area contributed by atoms with Crippen LogP contribution in [0.15, 0.2) is 66.2 Å². The zero-order chi connectivity index (χ0) is 20.0. The van der Waals surface area contributed by atoms with Gasteiger partial charge in [-0.15, -0.1) is 0 Å². The molecule has 0 saturated heterocycles. The summed E-state index contributed by atoms with van der Waals surface area (Å²) in [5.41, 5.74) is 7.40. The van der Waals surface area contributed by atoms with Crippen molar-refractivity contribution in [2.45, 2.75) is 50.3 Å². The van der Waals surface area contributed by atoms with Crippen LogP contribution in [-0.4, -0.2) is 0 Å². The molecular weight excluding hydrogens is 416 g/mol. The van der Waals surface area contributed by atoms with Crippen LogP contribution < -0.4 is 0 Å². The van der Waals surface area contributed by atoms with Crippen LogP contribution in [0.2, 0.25) is 0 Å². The number of hydrogen-bond acceptors (Lipinski definition) is 0. The molecule has 0 spiro atoms. The molecule has 1 saturated carbocycles. The molecule has 0 radical (unpaired) electrons. The average Bonchev–Trinajstić information content (AvgIpc) is 3.25. The third-order valence-electron chi connectivity index (χ3n) is 7.18. The number of alkyl halides is 1. The second-order valence-corrected chi connectivity index (χ2v) is 10.8. The van der Waals surface area contributed by atoms with Crippen LogP contribution in [0.5, 0.6) is 0 Å². The lowest BCUT2D eigenvalue weighted by Gasteiger charge is -2.28. The summed E-state index contributed by atoms with van der Waals surface area (Å²) in [6.07, 6.45) is 8.31. The molecular formula is C28H29Br. The molecule has 3 aromatic carbocycles. The minimum absolute atomic E-state index is 0.128. The van der Waals surface area contributed by atoms with Gasteiger partial charge in [0.05, 0.1) is 4.32 Å². The summed E-state index contributed by atoms with van der Waals surface area (Å²) in [4.78, 5) is 0. The molecule has 0 aromatic heterocycles. The summed E-state index contributed by atoms with van der Waals surface area (Å²) in [6.45, 7) is 4.79. The summed E-state index contributed by atoms with van der Waals surface area (Å²) < 4.78 is 0.128. The van der Waals surface area contributed by atoms with Gasteiger partial charge in [0, 0.05) is 0 Å². The Morgan fingerprint density at radius 3 is 2.62 bits per heavy atom. The van der Waals surface area contributed by atoms with Crippen LogP contribution >= 0.6 is 15.9 Å². The summed E-state index contributed by atoms with van der Waals surface area (Å²) >= 11 is 4.17. The number of aryl methyl sites for hydroxylation is 1. The Morgan fingerprint density at radius 1 is 0.966 bits per heavy atom. The zero-order valence-electron chi connectivity index (χ0n) is 17.4. The smallest absolute Gasteiger partial charge is 0.0534 e. The van der Waals surface area contributed by atoms with E-state index in [0.29, 0.717) is 5.92 Å². The van der Waals surface area contributed by atoms with Gasteiger partial charge in [0.2, 0.25) is 0 Å². The van der Waals surface area contributed by atoms with Crippen molar-refractivity contribution in [3.05, 3.63) is 88.5 Å². The van der Waals surface area contributed by atoms with E-state index in [-0.39, 0.29) is 4.32 Å². The molecule has 2 aliphatic rings. The van der Waals surface area contributed by atoms with Gasteiger partial charge in [0.15, 0.2) is 0 Å². The third-order valence-corrected chi connectivity index (χ3v) is 8.75. The Labute approximate surface area is 183 Å². The summed E-state index contributed by atoms with van der Waals surface area (Å²) in [6, 6.07) is 22.8. The number of hydrogen-bond donors (Lipinski definition) is 0. The van der Waals surface area contributed by atoms with E-state index >= 15 is 0 Å². The molecule has 2 aliphatic carbocycles. The SMILES string of the molecule is CC1CC(C)C(Br)(c2ccc3cccc(CCC4=Cc5ccccc5C4)c3c2)C1. The number of rotatable bonds is 4. The first-order valence-corrected chi connectivity index (χ1v) is 11.8. The molecule has 0 N–H and O–H groups in total. The van der Waals surface area contributed by atoms with Crippen LogP contribution in [0.1, 0.15) is 55.4 Å². The van der Waals surface area contributed by atoms with Crippen LogP contribution in [-0.2, 0) is 17.2 Å². The molecule has 3 atom stereocenters. The molecule has 148 valence electrons. The van der Waals surface area contributed by atoms with E-state index in [9.17, 15) is 0 Å². The molecule has 0 nitrogen and oxygen atoms in total. The van der Waals surface area contributed by atoms with Crippen LogP contribution in [0.25, 0.3) is 16.8 Å². The highest BCUT2D eigenvalue weighted by Gasteiger charge is 2.42. The van der Waals surface area contributed by atoms with Crippen molar-refractivity contribution in [3.63, 3.8) is 0 Å². The highest BCUT2D eigenvalue weighted by atomic mass is 79.9. The molecule has 0 amide bonds. The Hall–Kier alpha value is -1.86. The van der Waals surface area contributed by atoms with Gasteiger partial charge in [-0.2, -0.15) is 0 Å². The van der Waals surface area contributed by atoms with Gasteiger partial charge in [-0.25, -0.2) is 0 Å². The monoisotopic (exact) mass is 444 g/mol.